The summed E-state index contributed by atoms with van der Waals surface area (Å²) in [6.07, 6.45) is 1.27. The van der Waals surface area contributed by atoms with Gasteiger partial charge in [-0.15, -0.1) is 0 Å². The highest BCUT2D eigenvalue weighted by molar-refractivity contribution is 5.88. The van der Waals surface area contributed by atoms with Crippen LogP contribution in [0.2, 0.25) is 0 Å². The van der Waals surface area contributed by atoms with Crippen LogP contribution in [0, 0.1) is 10.1 Å². The minimum absolute atomic E-state index is 0.00663. The number of hydrogen-bond donors (Lipinski definition) is 2. The Kier molecular flexibility index (Phi) is 4.82. The van der Waals surface area contributed by atoms with Crippen molar-refractivity contribution in [2.24, 2.45) is 0 Å². The van der Waals surface area contributed by atoms with E-state index in [1.54, 1.807) is 13.1 Å². The van der Waals surface area contributed by atoms with E-state index in [9.17, 15) is 10.1 Å². The molecule has 0 unspecified atom stereocenters. The van der Waals surface area contributed by atoms with E-state index in [0.29, 0.717) is 23.5 Å². The van der Waals surface area contributed by atoms with Gasteiger partial charge in [-0.05, 0) is 20.2 Å². The van der Waals surface area contributed by atoms with E-state index in [4.69, 9.17) is 11.1 Å². The second-order valence-electron chi connectivity index (χ2n) is 4.62. The van der Waals surface area contributed by atoms with Crippen molar-refractivity contribution < 1.29 is 10.3 Å². The number of hydrogen-bond acceptors (Lipinski definition) is 5. The summed E-state index contributed by atoms with van der Waals surface area (Å²) < 4.78 is 0. The lowest BCUT2D eigenvalue weighted by Crippen LogP contribution is -2.31. The van der Waals surface area contributed by atoms with Crippen LogP contribution >= 0.6 is 0 Å². The van der Waals surface area contributed by atoms with Gasteiger partial charge in [0.05, 0.1) is 10.5 Å². The molecule has 0 aliphatic heterocycles. The molecule has 0 aliphatic carbocycles. The zero-order valence-electron chi connectivity index (χ0n) is 11.5. The molecule has 0 bridgehead atoms. The van der Waals surface area contributed by atoms with E-state index < -0.39 is 4.92 Å². The van der Waals surface area contributed by atoms with Crippen LogP contribution in [0.3, 0.4) is 0 Å². The van der Waals surface area contributed by atoms with Crippen molar-refractivity contribution >= 4 is 23.3 Å². The number of nitro benzene ring substituents is 1. The van der Waals surface area contributed by atoms with Crippen molar-refractivity contribution in [3.05, 3.63) is 27.8 Å². The van der Waals surface area contributed by atoms with Crippen LogP contribution in [0.4, 0.5) is 17.1 Å². The van der Waals surface area contributed by atoms with Gasteiger partial charge in [-0.25, -0.2) is 0 Å². The molecule has 4 N–H and O–H groups in total. The van der Waals surface area contributed by atoms with Crippen LogP contribution in [0.25, 0.3) is 0 Å². The first-order chi connectivity index (χ1) is 8.86. The quantitative estimate of drug-likeness (QED) is 0.308. The van der Waals surface area contributed by atoms with Crippen molar-refractivity contribution in [2.45, 2.75) is 0 Å². The first-order valence-corrected chi connectivity index (χ1v) is 5.85. The van der Waals surface area contributed by atoms with E-state index in [-0.39, 0.29) is 5.69 Å². The predicted molar refractivity (Wildman–Crippen MR) is 76.4 cm³/mol. The topological polar surface area (TPSA) is 101 Å². The molecular formula is C12H20N5O2+. The summed E-state index contributed by atoms with van der Waals surface area (Å²) in [5.74, 6) is 0. The molecular weight excluding hydrogens is 246 g/mol. The average molecular weight is 266 g/mol. The molecule has 0 amide bonds. The number of anilines is 2. The van der Waals surface area contributed by atoms with Crippen LogP contribution in [-0.4, -0.2) is 50.3 Å². The minimum Gasteiger partial charge on any atom is -0.398 e. The van der Waals surface area contributed by atoms with Gasteiger partial charge in [-0.2, -0.15) is 0 Å². The molecule has 0 heterocycles. The maximum atomic E-state index is 11.1. The highest BCUT2D eigenvalue weighted by atomic mass is 16.6. The zero-order chi connectivity index (χ0) is 14.6. The van der Waals surface area contributed by atoms with Crippen molar-refractivity contribution in [3.8, 4) is 0 Å². The Labute approximate surface area is 112 Å². The summed E-state index contributed by atoms with van der Waals surface area (Å²) in [4.78, 5) is 14.5. The number of nitrogens with two attached hydrogens (primary N) is 2. The molecule has 0 atom stereocenters. The smallest absolute Gasteiger partial charge is 0.293 e. The molecule has 0 spiro atoms. The standard InChI is InChI=1S/C12H19N5O2/c1-15(2)4-5-16(3)11-7-10(14)9(8-13)6-12(11)17(18)19/h6-8,13H,4-5,14H2,1-3H3/p+1. The SMILES string of the molecule is CN(C)CCN(C)c1cc(N)c(C=[NH2+])cc1[N+](=O)[O-]. The summed E-state index contributed by atoms with van der Waals surface area (Å²) in [7, 11) is 5.70. The Morgan fingerprint density at radius 3 is 2.47 bits per heavy atom. The van der Waals surface area contributed by atoms with E-state index in [2.05, 4.69) is 0 Å². The number of nitrogen functional groups attached to an aromatic ring is 1. The van der Waals surface area contributed by atoms with Gasteiger partial charge in [0.2, 0.25) is 0 Å². The molecule has 0 saturated carbocycles. The van der Waals surface area contributed by atoms with Crippen LogP contribution in [-0.2, 0) is 0 Å². The Balaban J connectivity index is 3.14. The van der Waals surface area contributed by atoms with Gasteiger partial charge in [-0.1, -0.05) is 0 Å². The fourth-order valence-corrected chi connectivity index (χ4v) is 1.68. The number of benzene rings is 1. The molecule has 0 radical (unpaired) electrons. The molecule has 19 heavy (non-hydrogen) atoms. The van der Waals surface area contributed by atoms with Gasteiger partial charge in [0, 0.05) is 31.9 Å². The summed E-state index contributed by atoms with van der Waals surface area (Å²) in [5, 5.41) is 16.5. The van der Waals surface area contributed by atoms with Crippen LogP contribution in [0.5, 0.6) is 0 Å². The van der Waals surface area contributed by atoms with Gasteiger partial charge in [0.15, 0.2) is 6.21 Å². The van der Waals surface area contributed by atoms with Crippen molar-refractivity contribution in [1.82, 2.24) is 4.90 Å². The number of likely N-dealkylation sites (N-methyl/N-ethyl adjacent to an activating group) is 2. The first kappa shape index (κ1) is 14.9. The maximum Gasteiger partial charge on any atom is 0.293 e. The fraction of sp³-hybridized carbons (Fsp3) is 0.417. The molecule has 7 heteroatoms. The highest BCUT2D eigenvalue weighted by Crippen LogP contribution is 2.31. The fourth-order valence-electron chi connectivity index (χ4n) is 1.68. The molecule has 0 aromatic heterocycles. The number of nitrogens with zero attached hydrogens (tertiary/aromatic N) is 3. The molecule has 7 nitrogen and oxygen atoms in total. The maximum absolute atomic E-state index is 11.1. The third kappa shape index (κ3) is 3.65. The van der Waals surface area contributed by atoms with Crippen LogP contribution in [0.1, 0.15) is 5.56 Å². The van der Waals surface area contributed by atoms with Crippen molar-refractivity contribution in [3.63, 3.8) is 0 Å². The van der Waals surface area contributed by atoms with Gasteiger partial charge in [-0.3, -0.25) is 15.5 Å². The van der Waals surface area contributed by atoms with E-state index in [1.165, 1.54) is 12.3 Å². The third-order valence-corrected chi connectivity index (χ3v) is 2.85. The Morgan fingerprint density at radius 1 is 1.37 bits per heavy atom. The Morgan fingerprint density at radius 2 is 2.00 bits per heavy atom. The second kappa shape index (κ2) is 6.14. The van der Waals surface area contributed by atoms with Gasteiger partial charge >= 0.3 is 0 Å². The molecule has 0 saturated heterocycles. The largest absolute Gasteiger partial charge is 0.398 e. The molecule has 0 aliphatic rings. The van der Waals surface area contributed by atoms with E-state index in [0.717, 1.165) is 6.54 Å². The van der Waals surface area contributed by atoms with Crippen LogP contribution < -0.4 is 16.0 Å². The van der Waals surface area contributed by atoms with E-state index >= 15 is 0 Å². The molecule has 1 aromatic rings. The lowest BCUT2D eigenvalue weighted by molar-refractivity contribution is -0.384. The van der Waals surface area contributed by atoms with Crippen molar-refractivity contribution in [2.75, 3.05) is 44.9 Å². The minimum atomic E-state index is -0.423. The van der Waals surface area contributed by atoms with Gasteiger partial charge < -0.3 is 15.5 Å². The van der Waals surface area contributed by atoms with E-state index in [1.807, 2.05) is 23.9 Å². The number of nitro groups is 1. The zero-order valence-corrected chi connectivity index (χ0v) is 11.5. The second-order valence-corrected chi connectivity index (χ2v) is 4.62. The summed E-state index contributed by atoms with van der Waals surface area (Å²) >= 11 is 0. The number of rotatable bonds is 6. The highest BCUT2D eigenvalue weighted by Gasteiger charge is 2.20. The van der Waals surface area contributed by atoms with Gasteiger partial charge in [0.25, 0.3) is 5.69 Å². The summed E-state index contributed by atoms with van der Waals surface area (Å²) in [6.45, 7) is 1.46. The first-order valence-electron chi connectivity index (χ1n) is 5.85. The Bertz CT molecular complexity index is 487. The van der Waals surface area contributed by atoms with Crippen molar-refractivity contribution in [1.29, 1.82) is 0 Å². The molecule has 0 fully saturated rings. The lowest BCUT2D eigenvalue weighted by atomic mass is 10.1. The molecule has 1 rings (SSSR count). The monoisotopic (exact) mass is 266 g/mol. The summed E-state index contributed by atoms with van der Waals surface area (Å²) in [5.41, 5.74) is 7.23. The predicted octanol–water partition coefficient (Wildman–Crippen LogP) is -0.647. The van der Waals surface area contributed by atoms with Gasteiger partial charge in [0.1, 0.15) is 5.69 Å². The lowest BCUT2D eigenvalue weighted by Gasteiger charge is -2.21. The third-order valence-electron chi connectivity index (χ3n) is 2.85. The molecule has 1 aromatic carbocycles. The molecule has 104 valence electrons. The average Bonchev–Trinajstić information content (AvgIpc) is 2.35. The summed E-state index contributed by atoms with van der Waals surface area (Å²) in [6, 6.07) is 2.99. The normalized spacial score (nSPS) is 10.5. The van der Waals surface area contributed by atoms with Crippen LogP contribution in [0.15, 0.2) is 12.1 Å². The Hall–Kier alpha value is -2.15.